The number of halogens is 1. The molecule has 22 heavy (non-hydrogen) atoms. The quantitative estimate of drug-likeness (QED) is 0.779. The van der Waals surface area contributed by atoms with Crippen molar-refractivity contribution >= 4 is 28.6 Å². The van der Waals surface area contributed by atoms with E-state index < -0.39 is 11.7 Å². The topological polar surface area (TPSA) is 103 Å². The minimum atomic E-state index is -0.568. The molecule has 3 rings (SSSR count). The molecular weight excluding hydrogens is 312 g/mol. The Balaban J connectivity index is 1.93. The van der Waals surface area contributed by atoms with E-state index in [9.17, 15) is 9.59 Å². The van der Waals surface area contributed by atoms with Crippen molar-refractivity contribution in [1.82, 2.24) is 20.0 Å². The Labute approximate surface area is 128 Å². The number of oxazole rings is 1. The lowest BCUT2D eigenvalue weighted by atomic mass is 10.3. The highest BCUT2D eigenvalue weighted by Gasteiger charge is 2.17. The summed E-state index contributed by atoms with van der Waals surface area (Å²) in [5, 5.41) is 6.70. The highest BCUT2D eigenvalue weighted by molar-refractivity contribution is 6.31. The molecule has 0 radical (unpaired) electrons. The third kappa shape index (κ3) is 2.60. The molecule has 8 nitrogen and oxygen atoms in total. The van der Waals surface area contributed by atoms with Crippen LogP contribution in [0.15, 0.2) is 31.9 Å². The van der Waals surface area contributed by atoms with Gasteiger partial charge < -0.3 is 14.3 Å². The van der Waals surface area contributed by atoms with Crippen LogP contribution in [0.4, 0.5) is 0 Å². The number of amides is 1. The average molecular weight is 323 g/mol. The van der Waals surface area contributed by atoms with Gasteiger partial charge in [-0.05, 0) is 25.1 Å². The second-order valence-electron chi connectivity index (χ2n) is 4.44. The van der Waals surface area contributed by atoms with Crippen LogP contribution in [0.2, 0.25) is 5.02 Å². The van der Waals surface area contributed by atoms with E-state index in [0.717, 1.165) is 0 Å². The number of carbonyl (C=O) groups excluding carboxylic acids is 1. The zero-order chi connectivity index (χ0) is 15.7. The van der Waals surface area contributed by atoms with Gasteiger partial charge >= 0.3 is 17.6 Å². The lowest BCUT2D eigenvalue weighted by molar-refractivity contribution is 0.0912. The molecule has 2 heterocycles. The first-order valence-electron chi connectivity index (χ1n) is 6.48. The number of carbonyl (C=O) groups is 1. The highest BCUT2D eigenvalue weighted by atomic mass is 35.5. The molecule has 0 saturated heterocycles. The fraction of sp³-hybridized carbons (Fsp3) is 0.231. The zero-order valence-electron chi connectivity index (χ0n) is 11.5. The molecule has 9 heteroatoms. The normalized spacial score (nSPS) is 11.0. The Bertz CT molecular complexity index is 895. The third-order valence-electron chi connectivity index (χ3n) is 2.93. The fourth-order valence-corrected chi connectivity index (χ4v) is 2.14. The van der Waals surface area contributed by atoms with Crippen LogP contribution in [-0.4, -0.2) is 27.2 Å². The van der Waals surface area contributed by atoms with E-state index in [1.807, 2.05) is 0 Å². The number of rotatable bonds is 4. The number of aromatic nitrogens is 3. The van der Waals surface area contributed by atoms with Crippen molar-refractivity contribution in [3.8, 4) is 0 Å². The van der Waals surface area contributed by atoms with Crippen molar-refractivity contribution in [3.05, 3.63) is 45.5 Å². The average Bonchev–Trinajstić information content (AvgIpc) is 3.06. The van der Waals surface area contributed by atoms with Crippen LogP contribution in [-0.2, 0) is 6.54 Å². The zero-order valence-corrected chi connectivity index (χ0v) is 12.3. The Morgan fingerprint density at radius 2 is 2.27 bits per heavy atom. The Kier molecular flexibility index (Phi) is 3.68. The molecule has 0 unspecified atom stereocenters. The lowest BCUT2D eigenvalue weighted by Crippen LogP contribution is -2.23. The van der Waals surface area contributed by atoms with Gasteiger partial charge in [-0.1, -0.05) is 16.8 Å². The standard InChI is InChI=1S/C13H11ClN4O4/c1-2-15-11(19)12-16-10(17-22-12)6-18-8-5-7(14)3-4-9(8)21-13(18)20/h3-5H,2,6H2,1H3,(H,15,19). The molecule has 114 valence electrons. The first-order chi connectivity index (χ1) is 10.6. The lowest BCUT2D eigenvalue weighted by Gasteiger charge is -1.97. The minimum Gasteiger partial charge on any atom is -0.408 e. The summed E-state index contributed by atoms with van der Waals surface area (Å²) in [4.78, 5) is 27.4. The Hall–Kier alpha value is -2.61. The second kappa shape index (κ2) is 5.64. The van der Waals surface area contributed by atoms with Crippen LogP contribution in [0.5, 0.6) is 0 Å². The van der Waals surface area contributed by atoms with Crippen molar-refractivity contribution in [2.24, 2.45) is 0 Å². The van der Waals surface area contributed by atoms with Gasteiger partial charge in [0.05, 0.1) is 12.1 Å². The predicted octanol–water partition coefficient (Wildman–Crippen LogP) is 1.43. The maximum Gasteiger partial charge on any atom is 0.420 e. The van der Waals surface area contributed by atoms with Crippen LogP contribution in [0, 0.1) is 0 Å². The number of benzene rings is 1. The Morgan fingerprint density at radius 3 is 3.05 bits per heavy atom. The first-order valence-corrected chi connectivity index (χ1v) is 6.86. The monoisotopic (exact) mass is 322 g/mol. The molecule has 0 atom stereocenters. The number of hydrogen-bond acceptors (Lipinski definition) is 6. The van der Waals surface area contributed by atoms with Crippen molar-refractivity contribution < 1.29 is 13.7 Å². The highest BCUT2D eigenvalue weighted by Crippen LogP contribution is 2.18. The van der Waals surface area contributed by atoms with Gasteiger partial charge in [-0.25, -0.2) is 4.79 Å². The van der Waals surface area contributed by atoms with Crippen molar-refractivity contribution in [1.29, 1.82) is 0 Å². The molecule has 0 saturated carbocycles. The van der Waals surface area contributed by atoms with Crippen molar-refractivity contribution in [2.75, 3.05) is 6.54 Å². The van der Waals surface area contributed by atoms with E-state index in [-0.39, 0.29) is 18.3 Å². The summed E-state index contributed by atoms with van der Waals surface area (Å²) in [5.41, 5.74) is 0.920. The van der Waals surface area contributed by atoms with E-state index in [4.69, 9.17) is 20.5 Å². The van der Waals surface area contributed by atoms with Gasteiger partial charge in [0.1, 0.15) is 0 Å². The number of hydrogen-bond donors (Lipinski definition) is 1. The molecule has 0 fully saturated rings. The molecular formula is C13H11ClN4O4. The van der Waals surface area contributed by atoms with E-state index in [1.54, 1.807) is 25.1 Å². The molecule has 1 aromatic carbocycles. The van der Waals surface area contributed by atoms with E-state index in [2.05, 4.69) is 15.5 Å². The summed E-state index contributed by atoms with van der Waals surface area (Å²) < 4.78 is 11.3. The summed E-state index contributed by atoms with van der Waals surface area (Å²) in [6.07, 6.45) is 0. The van der Waals surface area contributed by atoms with E-state index in [0.29, 0.717) is 22.7 Å². The summed E-state index contributed by atoms with van der Waals surface area (Å²) in [6.45, 7) is 2.23. The van der Waals surface area contributed by atoms with Gasteiger partial charge in [0.15, 0.2) is 11.4 Å². The summed E-state index contributed by atoms with van der Waals surface area (Å²) in [6, 6.07) is 4.83. The molecule has 1 amide bonds. The van der Waals surface area contributed by atoms with Gasteiger partial charge in [0.2, 0.25) is 0 Å². The number of nitrogens with one attached hydrogen (secondary N) is 1. The van der Waals surface area contributed by atoms with Crippen molar-refractivity contribution in [2.45, 2.75) is 13.5 Å². The predicted molar refractivity (Wildman–Crippen MR) is 76.9 cm³/mol. The number of nitrogens with zero attached hydrogens (tertiary/aromatic N) is 3. The molecule has 3 aromatic rings. The second-order valence-corrected chi connectivity index (χ2v) is 4.88. The van der Waals surface area contributed by atoms with Crippen LogP contribution < -0.4 is 11.1 Å². The van der Waals surface area contributed by atoms with Gasteiger partial charge in [0.25, 0.3) is 0 Å². The van der Waals surface area contributed by atoms with E-state index in [1.165, 1.54) is 4.57 Å². The van der Waals surface area contributed by atoms with Gasteiger partial charge in [-0.3, -0.25) is 9.36 Å². The molecule has 0 aliphatic rings. The third-order valence-corrected chi connectivity index (χ3v) is 3.16. The minimum absolute atomic E-state index is 0.00901. The molecule has 0 bridgehead atoms. The molecule has 0 spiro atoms. The molecule has 0 aliphatic heterocycles. The summed E-state index contributed by atoms with van der Waals surface area (Å²) in [5.74, 6) is -1.00. The first kappa shape index (κ1) is 14.3. The Morgan fingerprint density at radius 1 is 1.45 bits per heavy atom. The fourth-order valence-electron chi connectivity index (χ4n) is 1.97. The van der Waals surface area contributed by atoms with Crippen LogP contribution in [0.25, 0.3) is 11.1 Å². The smallest absolute Gasteiger partial charge is 0.408 e. The van der Waals surface area contributed by atoms with Gasteiger partial charge in [-0.2, -0.15) is 4.98 Å². The van der Waals surface area contributed by atoms with Crippen LogP contribution in [0.3, 0.4) is 0 Å². The van der Waals surface area contributed by atoms with Crippen LogP contribution in [0.1, 0.15) is 23.4 Å². The van der Waals surface area contributed by atoms with Gasteiger partial charge in [0, 0.05) is 11.6 Å². The summed E-state index contributed by atoms with van der Waals surface area (Å²) >= 11 is 5.92. The molecule has 0 aliphatic carbocycles. The van der Waals surface area contributed by atoms with E-state index >= 15 is 0 Å². The molecule has 2 aromatic heterocycles. The maximum absolute atomic E-state index is 11.9. The summed E-state index contributed by atoms with van der Waals surface area (Å²) in [7, 11) is 0. The largest absolute Gasteiger partial charge is 0.420 e. The van der Waals surface area contributed by atoms with Crippen molar-refractivity contribution in [3.63, 3.8) is 0 Å². The van der Waals surface area contributed by atoms with Crippen LogP contribution >= 0.6 is 11.6 Å². The number of fused-ring (bicyclic) bond motifs is 1. The molecule has 1 N–H and O–H groups in total. The van der Waals surface area contributed by atoms with Gasteiger partial charge in [-0.15, -0.1) is 0 Å². The maximum atomic E-state index is 11.9. The SMILES string of the molecule is CCNC(=O)c1nc(Cn2c(=O)oc3ccc(Cl)cc32)no1.